The number of hydrogen-bond donors (Lipinski definition) is 2. The number of anilines is 3. The molecule has 1 heterocycles. The highest BCUT2D eigenvalue weighted by molar-refractivity contribution is 6.58. The first-order valence-corrected chi connectivity index (χ1v) is 14.7. The number of aromatic nitrogens is 1. The van der Waals surface area contributed by atoms with Crippen molar-refractivity contribution in [3.05, 3.63) is 152 Å². The molecule has 0 amide bonds. The van der Waals surface area contributed by atoms with Crippen molar-refractivity contribution in [2.45, 2.75) is 13.8 Å². The molecule has 0 fully saturated rings. The van der Waals surface area contributed by atoms with E-state index < -0.39 is 7.12 Å². The molecule has 43 heavy (non-hydrogen) atoms. The van der Waals surface area contributed by atoms with E-state index in [0.717, 1.165) is 33.9 Å². The Labute approximate surface area is 252 Å². The van der Waals surface area contributed by atoms with Crippen molar-refractivity contribution in [3.8, 4) is 16.8 Å². The number of benzene rings is 6. The second-order valence-electron chi connectivity index (χ2n) is 10.1. The second kappa shape index (κ2) is 12.4. The van der Waals surface area contributed by atoms with E-state index in [1.807, 2.05) is 50.2 Å². The second-order valence-corrected chi connectivity index (χ2v) is 10.1. The van der Waals surface area contributed by atoms with Gasteiger partial charge >= 0.3 is 7.12 Å². The minimum atomic E-state index is -1.49. The molecule has 7 rings (SSSR count). The SMILES string of the molecule is CC.OB(O)c1ccc(N(c2ccccc2)c2ccc(-c3ccc4c(c3)c3ccccc3n4-c3ccccc3)cc2)cc1. The van der Waals surface area contributed by atoms with E-state index in [9.17, 15) is 10.0 Å². The van der Waals surface area contributed by atoms with Crippen LogP contribution in [0.1, 0.15) is 13.8 Å². The van der Waals surface area contributed by atoms with Crippen molar-refractivity contribution in [1.29, 1.82) is 0 Å². The smallest absolute Gasteiger partial charge is 0.423 e. The molecule has 0 bridgehead atoms. The van der Waals surface area contributed by atoms with Crippen LogP contribution in [0.5, 0.6) is 0 Å². The highest BCUT2D eigenvalue weighted by Gasteiger charge is 2.16. The fraction of sp³-hybridized carbons (Fsp3) is 0.0526. The Balaban J connectivity index is 0.00000161. The van der Waals surface area contributed by atoms with E-state index in [1.54, 1.807) is 12.1 Å². The van der Waals surface area contributed by atoms with Gasteiger partial charge in [0.15, 0.2) is 0 Å². The molecule has 6 aromatic carbocycles. The Hall–Kier alpha value is -5.10. The third-order valence-corrected chi connectivity index (χ3v) is 7.61. The Kier molecular flexibility index (Phi) is 8.10. The van der Waals surface area contributed by atoms with Crippen LogP contribution in [0.15, 0.2) is 152 Å². The first kappa shape index (κ1) is 28.0. The van der Waals surface area contributed by atoms with Gasteiger partial charge in [0.1, 0.15) is 0 Å². The molecule has 0 atom stereocenters. The predicted molar refractivity (Wildman–Crippen MR) is 182 cm³/mol. The quantitative estimate of drug-likeness (QED) is 0.200. The van der Waals surface area contributed by atoms with E-state index in [4.69, 9.17) is 0 Å². The molecule has 1 aromatic heterocycles. The number of fused-ring (bicyclic) bond motifs is 3. The monoisotopic (exact) mass is 560 g/mol. The average Bonchev–Trinajstić information content (AvgIpc) is 3.41. The minimum Gasteiger partial charge on any atom is -0.423 e. The van der Waals surface area contributed by atoms with E-state index in [0.29, 0.717) is 5.46 Å². The fourth-order valence-electron chi connectivity index (χ4n) is 5.63. The fourth-order valence-corrected chi connectivity index (χ4v) is 5.63. The maximum atomic E-state index is 9.55. The van der Waals surface area contributed by atoms with Crippen LogP contribution in [0.4, 0.5) is 17.1 Å². The van der Waals surface area contributed by atoms with E-state index in [-0.39, 0.29) is 0 Å². The number of hydrogen-bond acceptors (Lipinski definition) is 3. The van der Waals surface area contributed by atoms with Gasteiger partial charge in [0.05, 0.1) is 11.0 Å². The van der Waals surface area contributed by atoms with Crippen molar-refractivity contribution in [2.24, 2.45) is 0 Å². The summed E-state index contributed by atoms with van der Waals surface area (Å²) in [5.41, 5.74) is 9.25. The Morgan fingerprint density at radius 1 is 0.488 bits per heavy atom. The first-order chi connectivity index (χ1) is 21.2. The third kappa shape index (κ3) is 5.44. The van der Waals surface area contributed by atoms with Gasteiger partial charge in [-0.25, -0.2) is 0 Å². The van der Waals surface area contributed by atoms with Crippen molar-refractivity contribution >= 4 is 51.4 Å². The molecule has 0 spiro atoms. The summed E-state index contributed by atoms with van der Waals surface area (Å²) in [6.45, 7) is 4.00. The van der Waals surface area contributed by atoms with Gasteiger partial charge < -0.3 is 19.5 Å². The summed E-state index contributed by atoms with van der Waals surface area (Å²) in [5.74, 6) is 0. The van der Waals surface area contributed by atoms with Crippen LogP contribution < -0.4 is 10.4 Å². The first-order valence-electron chi connectivity index (χ1n) is 14.7. The topological polar surface area (TPSA) is 48.6 Å². The van der Waals surface area contributed by atoms with Gasteiger partial charge in [-0.15, -0.1) is 0 Å². The average molecular weight is 561 g/mol. The van der Waals surface area contributed by atoms with Gasteiger partial charge in [-0.1, -0.05) is 98.8 Å². The van der Waals surface area contributed by atoms with Crippen LogP contribution in [0.3, 0.4) is 0 Å². The highest BCUT2D eigenvalue weighted by atomic mass is 16.4. The standard InChI is InChI=1S/C36H27BN2O2.C2H6/c40-37(41)28-18-22-32(23-19-28)38(29-9-3-1-4-10-29)31-20-15-26(16-21-31)27-17-24-36-34(25-27)33-13-7-8-14-35(33)39(36)30-11-5-2-6-12-30;1-2/h1-25,40-41H;1-2H3. The number of nitrogens with zero attached hydrogens (tertiary/aromatic N) is 2. The van der Waals surface area contributed by atoms with Crippen LogP contribution in [0.2, 0.25) is 0 Å². The zero-order valence-electron chi connectivity index (χ0n) is 24.3. The summed E-state index contributed by atoms with van der Waals surface area (Å²) < 4.78 is 2.33. The molecule has 5 heteroatoms. The molecule has 0 aliphatic carbocycles. The molecule has 0 saturated heterocycles. The normalized spacial score (nSPS) is 10.8. The zero-order chi connectivity index (χ0) is 29.8. The van der Waals surface area contributed by atoms with Crippen LogP contribution in [-0.4, -0.2) is 21.7 Å². The molecule has 0 radical (unpaired) electrons. The molecule has 4 nitrogen and oxygen atoms in total. The summed E-state index contributed by atoms with van der Waals surface area (Å²) in [4.78, 5) is 2.16. The Morgan fingerprint density at radius 2 is 1.00 bits per heavy atom. The van der Waals surface area contributed by atoms with Gasteiger partial charge in [0.2, 0.25) is 0 Å². The lowest BCUT2D eigenvalue weighted by Gasteiger charge is -2.26. The summed E-state index contributed by atoms with van der Waals surface area (Å²) in [5, 5.41) is 21.6. The Bertz CT molecular complexity index is 1950. The lowest BCUT2D eigenvalue weighted by Crippen LogP contribution is -2.29. The van der Waals surface area contributed by atoms with E-state index in [2.05, 4.69) is 113 Å². The van der Waals surface area contributed by atoms with Gasteiger partial charge in [-0.3, -0.25) is 0 Å². The number of para-hydroxylation sites is 3. The molecule has 2 N–H and O–H groups in total. The molecule has 0 aliphatic rings. The van der Waals surface area contributed by atoms with Gasteiger partial charge in [0.25, 0.3) is 0 Å². The van der Waals surface area contributed by atoms with Crippen molar-refractivity contribution in [2.75, 3.05) is 4.90 Å². The van der Waals surface area contributed by atoms with Gasteiger partial charge in [-0.2, -0.15) is 0 Å². The minimum absolute atomic E-state index is 0.459. The maximum Gasteiger partial charge on any atom is 0.488 e. The van der Waals surface area contributed by atoms with E-state index >= 15 is 0 Å². The van der Waals surface area contributed by atoms with E-state index in [1.165, 1.54) is 21.8 Å². The van der Waals surface area contributed by atoms with Crippen molar-refractivity contribution < 1.29 is 10.0 Å². The lowest BCUT2D eigenvalue weighted by molar-refractivity contribution is 0.426. The van der Waals surface area contributed by atoms with Crippen LogP contribution >= 0.6 is 0 Å². The lowest BCUT2D eigenvalue weighted by atomic mass is 9.80. The summed E-state index contributed by atoms with van der Waals surface area (Å²) in [7, 11) is -1.49. The number of rotatable bonds is 6. The van der Waals surface area contributed by atoms with Crippen molar-refractivity contribution in [1.82, 2.24) is 4.57 Å². The zero-order valence-corrected chi connectivity index (χ0v) is 24.3. The highest BCUT2D eigenvalue weighted by Crippen LogP contribution is 2.37. The molecular weight excluding hydrogens is 527 g/mol. The Morgan fingerprint density at radius 3 is 1.65 bits per heavy atom. The van der Waals surface area contributed by atoms with Gasteiger partial charge in [0, 0.05) is 33.5 Å². The molecule has 210 valence electrons. The predicted octanol–water partition coefficient (Wildman–Crippen LogP) is 8.63. The molecular formula is C38H33BN2O2. The molecule has 0 aliphatic heterocycles. The van der Waals surface area contributed by atoms with Gasteiger partial charge in [-0.05, 0) is 83.3 Å². The van der Waals surface area contributed by atoms with Crippen LogP contribution in [-0.2, 0) is 0 Å². The summed E-state index contributed by atoms with van der Waals surface area (Å²) in [6, 6.07) is 51.9. The molecule has 0 saturated carbocycles. The summed E-state index contributed by atoms with van der Waals surface area (Å²) in [6.07, 6.45) is 0. The van der Waals surface area contributed by atoms with Crippen LogP contribution in [0, 0.1) is 0 Å². The van der Waals surface area contributed by atoms with Crippen molar-refractivity contribution in [3.63, 3.8) is 0 Å². The molecule has 0 unspecified atom stereocenters. The molecule has 7 aromatic rings. The largest absolute Gasteiger partial charge is 0.488 e. The third-order valence-electron chi connectivity index (χ3n) is 7.61. The summed E-state index contributed by atoms with van der Waals surface area (Å²) >= 11 is 0. The van der Waals surface area contributed by atoms with Crippen LogP contribution in [0.25, 0.3) is 38.6 Å². The maximum absolute atomic E-state index is 9.55.